The van der Waals surface area contributed by atoms with Crippen LogP contribution in [-0.4, -0.2) is 26.2 Å². The quantitative estimate of drug-likeness (QED) is 0.798. The van der Waals surface area contributed by atoms with Crippen molar-refractivity contribution in [3.8, 4) is 0 Å². The minimum Gasteiger partial charge on any atom is -0.446 e. The van der Waals surface area contributed by atoms with E-state index in [4.69, 9.17) is 4.42 Å². The van der Waals surface area contributed by atoms with E-state index in [1.54, 1.807) is 0 Å². The second-order valence-corrected chi connectivity index (χ2v) is 4.37. The van der Waals surface area contributed by atoms with Gasteiger partial charge in [0.2, 0.25) is 0 Å². The molecule has 0 spiro atoms. The first-order valence-electron chi connectivity index (χ1n) is 4.91. The number of hydrogen-bond donors (Lipinski definition) is 1. The lowest BCUT2D eigenvalue weighted by atomic mass is 10.1. The zero-order valence-corrected chi connectivity index (χ0v) is 9.72. The van der Waals surface area contributed by atoms with Crippen LogP contribution in [0.25, 0.3) is 0 Å². The molecule has 80 valence electrons. The normalized spacial score (nSPS) is 11.8. The molecule has 1 rings (SSSR count). The van der Waals surface area contributed by atoms with Gasteiger partial charge in [-0.3, -0.25) is 0 Å². The molecule has 0 unspecified atom stereocenters. The highest BCUT2D eigenvalue weighted by atomic mass is 16.4. The van der Waals surface area contributed by atoms with Gasteiger partial charge in [-0.05, 0) is 33.9 Å². The average Bonchev–Trinajstić information content (AvgIpc) is 2.51. The van der Waals surface area contributed by atoms with E-state index in [0.717, 1.165) is 18.2 Å². The molecule has 0 aliphatic rings. The van der Waals surface area contributed by atoms with Crippen molar-refractivity contribution in [2.75, 3.05) is 25.5 Å². The molecule has 1 heterocycles. The van der Waals surface area contributed by atoms with Crippen molar-refractivity contribution in [1.82, 2.24) is 5.32 Å². The van der Waals surface area contributed by atoms with Crippen LogP contribution >= 0.6 is 0 Å². The molecule has 0 saturated carbocycles. The van der Waals surface area contributed by atoms with Crippen LogP contribution in [0.2, 0.25) is 0 Å². The third kappa shape index (κ3) is 2.77. The van der Waals surface area contributed by atoms with E-state index < -0.39 is 0 Å². The summed E-state index contributed by atoms with van der Waals surface area (Å²) in [5.41, 5.74) is 0.0927. The molecular formula is C11H20N2O. The van der Waals surface area contributed by atoms with Gasteiger partial charge < -0.3 is 14.6 Å². The lowest BCUT2D eigenvalue weighted by Crippen LogP contribution is -2.46. The van der Waals surface area contributed by atoms with Gasteiger partial charge >= 0.3 is 0 Å². The Hall–Kier alpha value is -0.960. The molecule has 0 saturated heterocycles. The molecule has 0 bridgehead atoms. The van der Waals surface area contributed by atoms with Gasteiger partial charge in [-0.15, -0.1) is 0 Å². The SMILES string of the molecule is CNC(C)(C)CN(C)c1ccc(C)o1. The first-order valence-corrected chi connectivity index (χ1v) is 4.91. The summed E-state index contributed by atoms with van der Waals surface area (Å²) in [6, 6.07) is 3.99. The van der Waals surface area contributed by atoms with Gasteiger partial charge in [0.25, 0.3) is 0 Å². The Morgan fingerprint density at radius 1 is 1.43 bits per heavy atom. The third-order valence-corrected chi connectivity index (χ3v) is 2.41. The topological polar surface area (TPSA) is 28.4 Å². The number of hydrogen-bond acceptors (Lipinski definition) is 3. The van der Waals surface area contributed by atoms with Crippen molar-refractivity contribution in [3.63, 3.8) is 0 Å². The highest BCUT2D eigenvalue weighted by molar-refractivity contribution is 5.35. The summed E-state index contributed by atoms with van der Waals surface area (Å²) in [6.45, 7) is 7.20. The smallest absolute Gasteiger partial charge is 0.195 e. The molecule has 3 nitrogen and oxygen atoms in total. The maximum atomic E-state index is 5.53. The standard InChI is InChI=1S/C11H20N2O/c1-9-6-7-10(14-9)13(5)8-11(2,3)12-4/h6-7,12H,8H2,1-5H3. The van der Waals surface area contributed by atoms with Crippen LogP contribution < -0.4 is 10.2 Å². The second-order valence-electron chi connectivity index (χ2n) is 4.37. The first-order chi connectivity index (χ1) is 6.44. The van der Waals surface area contributed by atoms with Crippen molar-refractivity contribution in [1.29, 1.82) is 0 Å². The maximum Gasteiger partial charge on any atom is 0.195 e. The molecule has 0 atom stereocenters. The molecular weight excluding hydrogens is 176 g/mol. The minimum atomic E-state index is 0.0927. The number of furan rings is 1. The number of likely N-dealkylation sites (N-methyl/N-ethyl adjacent to an activating group) is 2. The van der Waals surface area contributed by atoms with Crippen molar-refractivity contribution in [2.45, 2.75) is 26.3 Å². The van der Waals surface area contributed by atoms with Crippen LogP contribution in [0, 0.1) is 6.92 Å². The van der Waals surface area contributed by atoms with Gasteiger partial charge in [-0.25, -0.2) is 0 Å². The van der Waals surface area contributed by atoms with Gasteiger partial charge in [-0.2, -0.15) is 0 Å². The Labute approximate surface area is 86.1 Å². The number of rotatable bonds is 4. The van der Waals surface area contributed by atoms with E-state index in [-0.39, 0.29) is 5.54 Å². The highest BCUT2D eigenvalue weighted by Crippen LogP contribution is 2.18. The van der Waals surface area contributed by atoms with Gasteiger partial charge in [0, 0.05) is 25.2 Å². The maximum absolute atomic E-state index is 5.53. The van der Waals surface area contributed by atoms with E-state index >= 15 is 0 Å². The van der Waals surface area contributed by atoms with Crippen LogP contribution in [0.5, 0.6) is 0 Å². The molecule has 1 aromatic heterocycles. The predicted molar refractivity (Wildman–Crippen MR) is 59.9 cm³/mol. The van der Waals surface area contributed by atoms with Crippen molar-refractivity contribution in [2.24, 2.45) is 0 Å². The van der Waals surface area contributed by atoms with Crippen LogP contribution in [0.1, 0.15) is 19.6 Å². The molecule has 1 N–H and O–H groups in total. The largest absolute Gasteiger partial charge is 0.446 e. The Morgan fingerprint density at radius 3 is 2.50 bits per heavy atom. The molecule has 0 amide bonds. The summed E-state index contributed by atoms with van der Waals surface area (Å²) >= 11 is 0. The summed E-state index contributed by atoms with van der Waals surface area (Å²) in [7, 11) is 4.01. The average molecular weight is 196 g/mol. The van der Waals surface area contributed by atoms with Crippen molar-refractivity contribution >= 4 is 5.88 Å². The summed E-state index contributed by atoms with van der Waals surface area (Å²) in [6.07, 6.45) is 0. The lowest BCUT2D eigenvalue weighted by Gasteiger charge is -2.29. The first kappa shape index (κ1) is 11.1. The fourth-order valence-corrected chi connectivity index (χ4v) is 1.38. The molecule has 14 heavy (non-hydrogen) atoms. The summed E-state index contributed by atoms with van der Waals surface area (Å²) in [4.78, 5) is 2.11. The van der Waals surface area contributed by atoms with Gasteiger partial charge in [-0.1, -0.05) is 0 Å². The van der Waals surface area contributed by atoms with Crippen molar-refractivity contribution < 1.29 is 4.42 Å². The second kappa shape index (κ2) is 4.05. The molecule has 0 aliphatic carbocycles. The lowest BCUT2D eigenvalue weighted by molar-refractivity contribution is 0.414. The Bertz CT molecular complexity index is 291. The van der Waals surface area contributed by atoms with Gasteiger partial charge in [0.05, 0.1) is 0 Å². The Balaban J connectivity index is 2.63. The van der Waals surface area contributed by atoms with E-state index in [1.165, 1.54) is 0 Å². The molecule has 3 heteroatoms. The van der Waals surface area contributed by atoms with Gasteiger partial charge in [0.1, 0.15) is 5.76 Å². The molecule has 0 fully saturated rings. The van der Waals surface area contributed by atoms with Gasteiger partial charge in [0.15, 0.2) is 5.88 Å². The molecule has 1 aromatic rings. The van der Waals surface area contributed by atoms with Crippen molar-refractivity contribution in [3.05, 3.63) is 17.9 Å². The number of aryl methyl sites for hydroxylation is 1. The number of nitrogens with one attached hydrogen (secondary N) is 1. The molecule has 0 aliphatic heterocycles. The Morgan fingerprint density at radius 2 is 2.07 bits per heavy atom. The zero-order valence-electron chi connectivity index (χ0n) is 9.72. The summed E-state index contributed by atoms with van der Waals surface area (Å²) in [5, 5.41) is 3.27. The minimum absolute atomic E-state index is 0.0927. The van der Waals surface area contributed by atoms with E-state index in [9.17, 15) is 0 Å². The summed E-state index contributed by atoms with van der Waals surface area (Å²) < 4.78 is 5.53. The number of anilines is 1. The van der Waals surface area contributed by atoms with Crippen LogP contribution in [0.15, 0.2) is 16.5 Å². The Kier molecular flexibility index (Phi) is 3.21. The van der Waals surface area contributed by atoms with Crippen LogP contribution in [0.3, 0.4) is 0 Å². The molecule has 0 radical (unpaired) electrons. The van der Waals surface area contributed by atoms with Crippen LogP contribution in [-0.2, 0) is 0 Å². The fourth-order valence-electron chi connectivity index (χ4n) is 1.38. The highest BCUT2D eigenvalue weighted by Gasteiger charge is 2.18. The van der Waals surface area contributed by atoms with E-state index in [2.05, 4.69) is 24.1 Å². The predicted octanol–water partition coefficient (Wildman–Crippen LogP) is 2.02. The summed E-state index contributed by atoms with van der Waals surface area (Å²) in [5.74, 6) is 1.87. The van der Waals surface area contributed by atoms with E-state index in [1.807, 2.05) is 33.2 Å². The fraction of sp³-hybridized carbons (Fsp3) is 0.636. The molecule has 0 aromatic carbocycles. The number of nitrogens with zero attached hydrogens (tertiary/aromatic N) is 1. The zero-order chi connectivity index (χ0) is 10.8. The monoisotopic (exact) mass is 196 g/mol. The third-order valence-electron chi connectivity index (χ3n) is 2.41. The van der Waals surface area contributed by atoms with Crippen LogP contribution in [0.4, 0.5) is 5.88 Å². The van der Waals surface area contributed by atoms with E-state index in [0.29, 0.717) is 0 Å².